The van der Waals surface area contributed by atoms with Crippen LogP contribution in [0.15, 0.2) is 66.7 Å². The van der Waals surface area contributed by atoms with Gasteiger partial charge in [-0.05, 0) is 99.3 Å². The first-order valence-corrected chi connectivity index (χ1v) is 16.9. The Balaban J connectivity index is 1.32. The number of ether oxygens (including phenoxy) is 4. The van der Waals surface area contributed by atoms with Crippen LogP contribution in [0.3, 0.4) is 0 Å². The molecule has 0 saturated heterocycles. The zero-order chi connectivity index (χ0) is 39.2. The highest BCUT2D eigenvalue weighted by Gasteiger charge is 2.54. The zero-order valence-corrected chi connectivity index (χ0v) is 28.2. The van der Waals surface area contributed by atoms with Crippen molar-refractivity contribution in [2.24, 2.45) is 0 Å². The van der Waals surface area contributed by atoms with E-state index in [1.807, 2.05) is 0 Å². The predicted octanol–water partition coefficient (Wildman–Crippen LogP) is 7.78. The SMILES string of the molecule is CC1(OC(=O)c2cc(OC(=O)Nc3ccc(NC(=O)Oc4ccc(C(=O)OC(CF)C(F)(F)S(=O)(=O)O)cc4)cc3)cc(C(F)(F)F)c2)CCCCC1. The van der Waals surface area contributed by atoms with Gasteiger partial charge in [0.2, 0.25) is 6.10 Å². The van der Waals surface area contributed by atoms with Crippen LogP contribution in [0, 0.1) is 0 Å². The fourth-order valence-electron chi connectivity index (χ4n) is 4.97. The monoisotopic (exact) mass is 776 g/mol. The maximum absolute atomic E-state index is 13.7. The van der Waals surface area contributed by atoms with Crippen molar-refractivity contribution in [1.29, 1.82) is 0 Å². The van der Waals surface area contributed by atoms with E-state index in [-0.39, 0.29) is 17.1 Å². The van der Waals surface area contributed by atoms with Gasteiger partial charge in [0.1, 0.15) is 23.8 Å². The van der Waals surface area contributed by atoms with Crippen molar-refractivity contribution in [2.45, 2.75) is 62.2 Å². The van der Waals surface area contributed by atoms with Crippen LogP contribution in [0.25, 0.3) is 0 Å². The minimum Gasteiger partial charge on any atom is -0.456 e. The molecule has 286 valence electrons. The van der Waals surface area contributed by atoms with Crippen molar-refractivity contribution < 1.29 is 77.4 Å². The lowest BCUT2D eigenvalue weighted by molar-refractivity contribution is -0.137. The van der Waals surface area contributed by atoms with Crippen LogP contribution in [0.2, 0.25) is 0 Å². The van der Waals surface area contributed by atoms with Gasteiger partial charge in [0.05, 0.1) is 16.7 Å². The number of amides is 2. The highest BCUT2D eigenvalue weighted by atomic mass is 32.2. The Labute approximate surface area is 297 Å². The summed E-state index contributed by atoms with van der Waals surface area (Å²) in [6, 6.07) is 11.2. The summed E-state index contributed by atoms with van der Waals surface area (Å²) < 4.78 is 131. The first-order chi connectivity index (χ1) is 24.7. The highest BCUT2D eigenvalue weighted by molar-refractivity contribution is 7.86. The average Bonchev–Trinajstić information content (AvgIpc) is 3.07. The minimum atomic E-state index is -6.11. The second-order valence-corrected chi connectivity index (χ2v) is 13.4. The molecule has 3 N–H and O–H groups in total. The maximum Gasteiger partial charge on any atom is 0.417 e. The number of anilines is 2. The molecule has 3 aromatic rings. The second kappa shape index (κ2) is 16.1. The van der Waals surface area contributed by atoms with E-state index in [9.17, 15) is 53.9 Å². The van der Waals surface area contributed by atoms with Gasteiger partial charge in [-0.1, -0.05) is 6.42 Å². The number of alkyl halides is 6. The van der Waals surface area contributed by atoms with Crippen molar-refractivity contribution in [2.75, 3.05) is 17.3 Å². The molecule has 20 heteroatoms. The summed E-state index contributed by atoms with van der Waals surface area (Å²) in [5.74, 6) is -3.33. The van der Waals surface area contributed by atoms with Crippen molar-refractivity contribution in [3.63, 3.8) is 0 Å². The first kappa shape index (κ1) is 40.4. The van der Waals surface area contributed by atoms with Crippen LogP contribution in [-0.4, -0.2) is 60.7 Å². The molecule has 0 bridgehead atoms. The van der Waals surface area contributed by atoms with E-state index in [2.05, 4.69) is 15.4 Å². The van der Waals surface area contributed by atoms with E-state index in [0.29, 0.717) is 25.0 Å². The first-order valence-electron chi connectivity index (χ1n) is 15.4. The fourth-order valence-corrected chi connectivity index (χ4v) is 5.42. The van der Waals surface area contributed by atoms with Crippen LogP contribution in [0.1, 0.15) is 65.3 Å². The largest absolute Gasteiger partial charge is 0.456 e. The van der Waals surface area contributed by atoms with E-state index in [1.54, 1.807) is 6.92 Å². The number of hydrogen-bond acceptors (Lipinski definition) is 10. The van der Waals surface area contributed by atoms with Gasteiger partial charge in [-0.15, -0.1) is 0 Å². The minimum absolute atomic E-state index is 0.0811. The molecule has 13 nitrogen and oxygen atoms in total. The molecule has 3 aromatic carbocycles. The van der Waals surface area contributed by atoms with E-state index in [4.69, 9.17) is 18.8 Å². The summed E-state index contributed by atoms with van der Waals surface area (Å²) in [6.07, 6.45) is -6.63. The quantitative estimate of drug-likeness (QED) is 0.0982. The van der Waals surface area contributed by atoms with Crippen molar-refractivity contribution in [3.05, 3.63) is 83.4 Å². The van der Waals surface area contributed by atoms with Crippen LogP contribution in [0.5, 0.6) is 11.5 Å². The number of rotatable bonds is 11. The molecule has 1 aliphatic rings. The summed E-state index contributed by atoms with van der Waals surface area (Å²) in [5, 5.41) is -0.508. The van der Waals surface area contributed by atoms with E-state index in [1.165, 1.54) is 24.3 Å². The smallest absolute Gasteiger partial charge is 0.417 e. The number of nitrogens with one attached hydrogen (secondary N) is 2. The number of carbonyl (C=O) groups excluding carboxylic acids is 4. The number of esters is 2. The fraction of sp³-hybridized carbons (Fsp3) is 0.333. The Hall–Kier alpha value is -5.37. The standard InChI is InChI=1S/C33H30F6N2O11S/c1-31(13-3-2-4-14-31)52-28(43)20-15-21(32(35,36)37)17-25(16-20)50-30(45)41-23-9-7-22(8-10-23)40-29(44)49-24-11-5-19(6-12-24)27(42)51-26(18-34)33(38,39)53(46,47)48/h5-12,15-17,26H,2-4,13-14,18H2,1H3,(H,40,44)(H,41,45)(H,46,47,48). The number of hydrogen-bond donors (Lipinski definition) is 3. The summed E-state index contributed by atoms with van der Waals surface area (Å²) in [6.45, 7) is -0.431. The lowest BCUT2D eigenvalue weighted by Gasteiger charge is -2.33. The zero-order valence-electron chi connectivity index (χ0n) is 27.4. The average molecular weight is 777 g/mol. The third-order valence-electron chi connectivity index (χ3n) is 7.72. The molecule has 2 amide bonds. The molecule has 1 fully saturated rings. The summed E-state index contributed by atoms with van der Waals surface area (Å²) in [7, 11) is -6.11. The number of carbonyl (C=O) groups is 4. The number of halogens is 6. The number of benzene rings is 3. The van der Waals surface area contributed by atoms with Gasteiger partial charge < -0.3 is 18.9 Å². The van der Waals surface area contributed by atoms with Gasteiger partial charge in [0, 0.05) is 11.4 Å². The molecule has 1 atom stereocenters. The van der Waals surface area contributed by atoms with Gasteiger partial charge in [-0.3, -0.25) is 15.2 Å². The maximum atomic E-state index is 13.7. The van der Waals surface area contributed by atoms with Crippen LogP contribution >= 0.6 is 0 Å². The Morgan fingerprint density at radius 3 is 1.79 bits per heavy atom. The molecule has 0 radical (unpaired) electrons. The van der Waals surface area contributed by atoms with Crippen LogP contribution in [0.4, 0.5) is 47.3 Å². The summed E-state index contributed by atoms with van der Waals surface area (Å²) in [4.78, 5) is 49.8. The van der Waals surface area contributed by atoms with Gasteiger partial charge in [0.25, 0.3) is 0 Å². The summed E-state index contributed by atoms with van der Waals surface area (Å²) >= 11 is 0. The Bertz CT molecular complexity index is 1930. The normalized spacial score (nSPS) is 15.0. The Kier molecular flexibility index (Phi) is 12.3. The van der Waals surface area contributed by atoms with Gasteiger partial charge in [-0.2, -0.15) is 30.4 Å². The van der Waals surface area contributed by atoms with Gasteiger partial charge in [0.15, 0.2) is 0 Å². The lowest BCUT2D eigenvalue weighted by atomic mass is 9.86. The van der Waals surface area contributed by atoms with Crippen LogP contribution < -0.4 is 20.1 Å². The third-order valence-corrected chi connectivity index (χ3v) is 8.67. The van der Waals surface area contributed by atoms with Crippen molar-refractivity contribution >= 4 is 45.6 Å². The van der Waals surface area contributed by atoms with Crippen LogP contribution in [-0.2, 0) is 25.8 Å². The van der Waals surface area contributed by atoms with E-state index < -0.39 is 86.5 Å². The molecular weight excluding hydrogens is 746 g/mol. The molecule has 4 rings (SSSR count). The molecule has 0 heterocycles. The van der Waals surface area contributed by atoms with E-state index in [0.717, 1.165) is 49.6 Å². The van der Waals surface area contributed by atoms with Gasteiger partial charge in [-0.25, -0.2) is 23.6 Å². The van der Waals surface area contributed by atoms with Gasteiger partial charge >= 0.3 is 45.7 Å². The van der Waals surface area contributed by atoms with E-state index >= 15 is 0 Å². The molecule has 1 unspecified atom stereocenters. The summed E-state index contributed by atoms with van der Waals surface area (Å²) in [5.41, 5.74) is -2.79. The molecular formula is C33H30F6N2O11S. The Morgan fingerprint density at radius 1 is 0.774 bits per heavy atom. The molecule has 0 aromatic heterocycles. The third kappa shape index (κ3) is 10.8. The Morgan fingerprint density at radius 2 is 1.30 bits per heavy atom. The second-order valence-electron chi connectivity index (χ2n) is 11.9. The van der Waals surface area contributed by atoms with Crippen molar-refractivity contribution in [3.8, 4) is 11.5 Å². The van der Waals surface area contributed by atoms with Crippen molar-refractivity contribution in [1.82, 2.24) is 0 Å². The molecule has 1 aliphatic carbocycles. The molecule has 0 aliphatic heterocycles. The molecule has 0 spiro atoms. The molecule has 1 saturated carbocycles. The lowest BCUT2D eigenvalue weighted by Crippen LogP contribution is -2.45. The highest BCUT2D eigenvalue weighted by Crippen LogP contribution is 2.36. The molecule has 53 heavy (non-hydrogen) atoms. The topological polar surface area (TPSA) is 184 Å². The predicted molar refractivity (Wildman–Crippen MR) is 172 cm³/mol.